The van der Waals surface area contributed by atoms with Gasteiger partial charge in [0.15, 0.2) is 5.11 Å². The van der Waals surface area contributed by atoms with Crippen LogP contribution in [0.15, 0.2) is 41.9 Å². The van der Waals surface area contributed by atoms with E-state index in [1.807, 2.05) is 18.3 Å². The van der Waals surface area contributed by atoms with Gasteiger partial charge in [0.1, 0.15) is 0 Å². The van der Waals surface area contributed by atoms with Gasteiger partial charge in [-0.2, -0.15) is 0 Å². The summed E-state index contributed by atoms with van der Waals surface area (Å²) in [6, 6.07) is 10.7. The molecule has 2 fully saturated rings. The smallest absolute Gasteiger partial charge is 0.170 e. The standard InChI is InChI=1S/C19H24N4OS2/c25-19-21-17(15-5-1-2-7-20-15)18(16-6-3-14-26-16)23(19)9-4-8-22-10-12-24-13-11-22/h1-3,5-7,14,17-18H,4,8-13H2,(H,21,25)/t17-,18+/m0/s1. The Labute approximate surface area is 164 Å². The SMILES string of the molecule is S=C1N[C@@H](c2ccccn2)[C@@H](c2cccs2)N1CCCN1CCOCC1. The lowest BCUT2D eigenvalue weighted by Crippen LogP contribution is -2.38. The topological polar surface area (TPSA) is 40.6 Å². The average Bonchev–Trinajstić information content (AvgIpc) is 3.32. The van der Waals surface area contributed by atoms with Gasteiger partial charge in [0.25, 0.3) is 0 Å². The van der Waals surface area contributed by atoms with E-state index in [0.717, 1.165) is 56.6 Å². The number of nitrogens with one attached hydrogen (secondary N) is 1. The maximum atomic E-state index is 5.70. The van der Waals surface area contributed by atoms with Crippen LogP contribution in [0.25, 0.3) is 0 Å². The van der Waals surface area contributed by atoms with Gasteiger partial charge in [0, 0.05) is 37.3 Å². The van der Waals surface area contributed by atoms with Gasteiger partial charge in [-0.25, -0.2) is 0 Å². The van der Waals surface area contributed by atoms with Crippen LogP contribution in [-0.4, -0.2) is 59.3 Å². The van der Waals surface area contributed by atoms with Gasteiger partial charge < -0.3 is 15.0 Å². The van der Waals surface area contributed by atoms with Crippen molar-refractivity contribution in [1.29, 1.82) is 0 Å². The van der Waals surface area contributed by atoms with E-state index in [9.17, 15) is 0 Å². The Morgan fingerprint density at radius 3 is 2.81 bits per heavy atom. The van der Waals surface area contributed by atoms with Crippen molar-refractivity contribution in [3.63, 3.8) is 0 Å². The highest BCUT2D eigenvalue weighted by Crippen LogP contribution is 2.40. The molecule has 4 rings (SSSR count). The van der Waals surface area contributed by atoms with Crippen molar-refractivity contribution in [2.24, 2.45) is 0 Å². The number of thiocarbonyl (C=S) groups is 1. The number of rotatable bonds is 6. The molecule has 5 nitrogen and oxygen atoms in total. The second-order valence-electron chi connectivity index (χ2n) is 6.64. The molecule has 2 aliphatic heterocycles. The lowest BCUT2D eigenvalue weighted by atomic mass is 10.0. The molecule has 2 aromatic rings. The first-order valence-corrected chi connectivity index (χ1v) is 10.4. The number of hydrogen-bond acceptors (Lipinski definition) is 5. The van der Waals surface area contributed by atoms with Gasteiger partial charge in [-0.05, 0) is 42.2 Å². The van der Waals surface area contributed by atoms with E-state index in [1.165, 1.54) is 4.88 Å². The molecule has 0 unspecified atom stereocenters. The molecule has 0 amide bonds. The second kappa shape index (κ2) is 8.43. The Morgan fingerprint density at radius 1 is 1.19 bits per heavy atom. The monoisotopic (exact) mass is 388 g/mol. The van der Waals surface area contributed by atoms with Crippen LogP contribution in [0.3, 0.4) is 0 Å². The van der Waals surface area contributed by atoms with E-state index in [-0.39, 0.29) is 12.1 Å². The van der Waals surface area contributed by atoms with Gasteiger partial charge in [-0.15, -0.1) is 11.3 Å². The van der Waals surface area contributed by atoms with Gasteiger partial charge >= 0.3 is 0 Å². The fourth-order valence-electron chi connectivity index (χ4n) is 3.70. The number of ether oxygens (including phenoxy) is 1. The van der Waals surface area contributed by atoms with Crippen molar-refractivity contribution >= 4 is 28.7 Å². The summed E-state index contributed by atoms with van der Waals surface area (Å²) in [6.45, 7) is 5.82. The Balaban J connectivity index is 1.48. The van der Waals surface area contributed by atoms with Crippen molar-refractivity contribution in [1.82, 2.24) is 20.1 Å². The van der Waals surface area contributed by atoms with Gasteiger partial charge in [-0.3, -0.25) is 9.88 Å². The summed E-state index contributed by atoms with van der Waals surface area (Å²) in [4.78, 5) is 10.7. The fourth-order valence-corrected chi connectivity index (χ4v) is 4.91. The van der Waals surface area contributed by atoms with Crippen LogP contribution < -0.4 is 5.32 Å². The van der Waals surface area contributed by atoms with Crippen molar-refractivity contribution in [2.75, 3.05) is 39.4 Å². The minimum atomic E-state index is 0.103. The molecule has 0 aromatic carbocycles. The molecule has 0 aliphatic carbocycles. The van der Waals surface area contributed by atoms with Gasteiger partial charge in [0.05, 0.1) is 31.0 Å². The number of hydrogen-bond donors (Lipinski definition) is 1. The molecule has 138 valence electrons. The number of pyridine rings is 1. The lowest BCUT2D eigenvalue weighted by molar-refractivity contribution is 0.0366. The fraction of sp³-hybridized carbons (Fsp3) is 0.474. The second-order valence-corrected chi connectivity index (χ2v) is 8.01. The summed E-state index contributed by atoms with van der Waals surface area (Å²) >= 11 is 7.49. The molecule has 2 atom stereocenters. The molecule has 26 heavy (non-hydrogen) atoms. The maximum absolute atomic E-state index is 5.70. The molecular formula is C19H24N4OS2. The highest BCUT2D eigenvalue weighted by atomic mass is 32.1. The van der Waals surface area contributed by atoms with Crippen molar-refractivity contribution in [3.8, 4) is 0 Å². The first-order valence-electron chi connectivity index (χ1n) is 9.14. The number of thiophene rings is 1. The molecule has 0 radical (unpaired) electrons. The van der Waals surface area contributed by atoms with Crippen LogP contribution in [0.5, 0.6) is 0 Å². The summed E-state index contributed by atoms with van der Waals surface area (Å²) < 4.78 is 5.44. The van der Waals surface area contributed by atoms with Gasteiger partial charge in [0.2, 0.25) is 0 Å². The van der Waals surface area contributed by atoms with E-state index in [1.54, 1.807) is 11.3 Å². The van der Waals surface area contributed by atoms with E-state index in [4.69, 9.17) is 17.0 Å². The van der Waals surface area contributed by atoms with Crippen molar-refractivity contribution in [2.45, 2.75) is 18.5 Å². The molecule has 0 saturated carbocycles. The summed E-state index contributed by atoms with van der Waals surface area (Å²) in [5, 5.41) is 6.49. The summed E-state index contributed by atoms with van der Waals surface area (Å²) in [5.74, 6) is 0. The first-order chi connectivity index (χ1) is 12.8. The third-order valence-electron chi connectivity index (χ3n) is 5.01. The summed E-state index contributed by atoms with van der Waals surface area (Å²) in [6.07, 6.45) is 2.95. The van der Waals surface area contributed by atoms with E-state index < -0.39 is 0 Å². The third-order valence-corrected chi connectivity index (χ3v) is 6.30. The quantitative estimate of drug-likeness (QED) is 0.768. The Morgan fingerprint density at radius 2 is 2.08 bits per heavy atom. The maximum Gasteiger partial charge on any atom is 0.170 e. The first kappa shape index (κ1) is 17.9. The minimum Gasteiger partial charge on any atom is -0.379 e. The van der Waals surface area contributed by atoms with Crippen molar-refractivity contribution in [3.05, 3.63) is 52.5 Å². The zero-order chi connectivity index (χ0) is 17.8. The molecule has 2 aliphatic rings. The minimum absolute atomic E-state index is 0.103. The Kier molecular flexibility index (Phi) is 5.79. The van der Waals surface area contributed by atoms with E-state index in [0.29, 0.717) is 0 Å². The third kappa shape index (κ3) is 3.91. The van der Waals surface area contributed by atoms with Crippen LogP contribution in [0, 0.1) is 0 Å². The van der Waals surface area contributed by atoms with Gasteiger partial charge in [-0.1, -0.05) is 12.1 Å². The van der Waals surface area contributed by atoms with Crippen LogP contribution in [0.4, 0.5) is 0 Å². The zero-order valence-corrected chi connectivity index (χ0v) is 16.3. The summed E-state index contributed by atoms with van der Waals surface area (Å²) in [7, 11) is 0. The predicted molar refractivity (Wildman–Crippen MR) is 108 cm³/mol. The molecule has 2 aromatic heterocycles. The molecule has 0 spiro atoms. The van der Waals surface area contributed by atoms with Crippen molar-refractivity contribution < 1.29 is 4.74 Å². The summed E-state index contributed by atoms with van der Waals surface area (Å²) in [5.41, 5.74) is 1.05. The van der Waals surface area contributed by atoms with E-state index >= 15 is 0 Å². The number of aromatic nitrogens is 1. The Hall–Kier alpha value is -1.54. The zero-order valence-electron chi connectivity index (χ0n) is 14.7. The molecule has 7 heteroatoms. The predicted octanol–water partition coefficient (Wildman–Crippen LogP) is 2.84. The number of nitrogens with zero attached hydrogens (tertiary/aromatic N) is 3. The molecule has 1 N–H and O–H groups in total. The molecule has 4 heterocycles. The highest BCUT2D eigenvalue weighted by Gasteiger charge is 2.39. The number of morpholine rings is 1. The largest absolute Gasteiger partial charge is 0.379 e. The van der Waals surface area contributed by atoms with Crippen LogP contribution >= 0.6 is 23.6 Å². The molecule has 0 bridgehead atoms. The average molecular weight is 389 g/mol. The highest BCUT2D eigenvalue weighted by molar-refractivity contribution is 7.80. The van der Waals surface area contributed by atoms with Crippen LogP contribution in [0.2, 0.25) is 0 Å². The van der Waals surface area contributed by atoms with E-state index in [2.05, 4.69) is 43.7 Å². The normalized spacial score (nSPS) is 24.0. The lowest BCUT2D eigenvalue weighted by Gasteiger charge is -2.29. The molecule has 2 saturated heterocycles. The van der Waals surface area contributed by atoms with Crippen LogP contribution in [0.1, 0.15) is 29.1 Å². The Bertz CT molecular complexity index is 704. The van der Waals surface area contributed by atoms with Crippen LogP contribution in [-0.2, 0) is 4.74 Å². The molecular weight excluding hydrogens is 364 g/mol.